The molecule has 6 nitrogen and oxygen atoms in total. The Morgan fingerprint density at radius 1 is 0.933 bits per heavy atom. The van der Waals surface area contributed by atoms with Crippen LogP contribution >= 0.6 is 11.6 Å². The lowest BCUT2D eigenvalue weighted by atomic mass is 10.0. The molecule has 1 amide bonds. The fourth-order valence-electron chi connectivity index (χ4n) is 4.65. The van der Waals surface area contributed by atoms with E-state index in [1.165, 1.54) is 24.4 Å². The average molecular weight is 652 g/mol. The zero-order chi connectivity index (χ0) is 32.8. The molecule has 2 N–H and O–H groups in total. The lowest BCUT2D eigenvalue weighted by Gasteiger charge is -2.23. The summed E-state index contributed by atoms with van der Waals surface area (Å²) >= 11 is 5.86. The van der Waals surface area contributed by atoms with E-state index in [1.807, 2.05) is 31.2 Å². The first-order valence-electron chi connectivity index (χ1n) is 13.7. The lowest BCUT2D eigenvalue weighted by molar-refractivity contribution is -0.143. The fourth-order valence-corrected chi connectivity index (χ4v) is 4.83. The highest BCUT2D eigenvalue weighted by Crippen LogP contribution is 2.36. The van der Waals surface area contributed by atoms with Crippen molar-refractivity contribution in [3.8, 4) is 11.5 Å². The lowest BCUT2D eigenvalue weighted by Crippen LogP contribution is -2.29. The molecule has 0 aliphatic carbocycles. The molecule has 4 aromatic carbocycles. The number of carbonyl (C=O) groups excluding carboxylic acids is 1. The monoisotopic (exact) mass is 651 g/mol. The number of nitrogens with zero attached hydrogens (tertiary/aromatic N) is 2. The number of ether oxygens (including phenoxy) is 1. The van der Waals surface area contributed by atoms with Gasteiger partial charge in [0.05, 0.1) is 22.4 Å². The van der Waals surface area contributed by atoms with Crippen LogP contribution in [0.25, 0.3) is 10.8 Å². The predicted octanol–water partition coefficient (Wildman–Crippen LogP) is 8.29. The molecule has 4 aromatic rings. The number of halogens is 7. The van der Waals surface area contributed by atoms with Crippen LogP contribution in [-0.4, -0.2) is 41.8 Å². The van der Waals surface area contributed by atoms with Gasteiger partial charge in [-0.25, -0.2) is 5.43 Å². The molecule has 238 valence electrons. The number of phenolic OH excluding ortho intramolecular Hbond substituents is 1. The number of carbonyl (C=O) groups is 1. The first kappa shape index (κ1) is 33.6. The maximum Gasteiger partial charge on any atom is 0.416 e. The van der Waals surface area contributed by atoms with Gasteiger partial charge in [0.1, 0.15) is 18.1 Å². The average Bonchev–Trinajstić information content (AvgIpc) is 2.98. The number of aromatic hydroxyl groups is 1. The van der Waals surface area contributed by atoms with Gasteiger partial charge in [-0.15, -0.1) is 0 Å². The van der Waals surface area contributed by atoms with E-state index in [1.54, 1.807) is 17.0 Å². The summed E-state index contributed by atoms with van der Waals surface area (Å²) in [6.45, 7) is 2.53. The van der Waals surface area contributed by atoms with Crippen molar-refractivity contribution in [1.82, 2.24) is 10.3 Å². The number of phenols is 1. The second-order valence-electron chi connectivity index (χ2n) is 10.1. The van der Waals surface area contributed by atoms with Crippen molar-refractivity contribution < 1.29 is 41.0 Å². The van der Waals surface area contributed by atoms with Crippen molar-refractivity contribution in [2.45, 2.75) is 32.2 Å². The number of hydrogen-bond donors (Lipinski definition) is 2. The molecular formula is C32H28ClF6N3O3. The Labute approximate surface area is 259 Å². The van der Waals surface area contributed by atoms with Crippen LogP contribution in [0, 0.1) is 0 Å². The minimum atomic E-state index is -4.92. The minimum Gasteiger partial charge on any atom is -0.506 e. The summed E-state index contributed by atoms with van der Waals surface area (Å²) in [5.74, 6) is -0.173. The smallest absolute Gasteiger partial charge is 0.416 e. The second kappa shape index (κ2) is 14.2. The highest BCUT2D eigenvalue weighted by atomic mass is 35.5. The van der Waals surface area contributed by atoms with Crippen LogP contribution in [0.3, 0.4) is 0 Å². The summed E-state index contributed by atoms with van der Waals surface area (Å²) in [4.78, 5) is 14.1. The van der Waals surface area contributed by atoms with Gasteiger partial charge in [-0.1, -0.05) is 42.8 Å². The molecular weight excluding hydrogens is 624 g/mol. The third-order valence-corrected chi connectivity index (χ3v) is 7.06. The Balaban J connectivity index is 1.45. The van der Waals surface area contributed by atoms with Gasteiger partial charge in [-0.3, -0.25) is 9.69 Å². The maximum atomic E-state index is 13.3. The molecule has 0 aromatic heterocycles. The van der Waals surface area contributed by atoms with E-state index in [0.29, 0.717) is 24.3 Å². The summed E-state index contributed by atoms with van der Waals surface area (Å²) in [5.41, 5.74) is 0.481. The third kappa shape index (κ3) is 8.89. The summed E-state index contributed by atoms with van der Waals surface area (Å²) in [6, 6.07) is 16.3. The summed E-state index contributed by atoms with van der Waals surface area (Å²) < 4.78 is 86.0. The van der Waals surface area contributed by atoms with Gasteiger partial charge in [0.2, 0.25) is 0 Å². The van der Waals surface area contributed by atoms with Gasteiger partial charge in [0, 0.05) is 29.6 Å². The van der Waals surface area contributed by atoms with Crippen molar-refractivity contribution in [3.05, 3.63) is 106 Å². The molecule has 0 aliphatic rings. The Morgan fingerprint density at radius 2 is 1.60 bits per heavy atom. The van der Waals surface area contributed by atoms with Crippen LogP contribution in [0.5, 0.6) is 11.5 Å². The summed E-state index contributed by atoms with van der Waals surface area (Å²) in [5, 5.41) is 15.1. The molecule has 0 saturated carbocycles. The van der Waals surface area contributed by atoms with Gasteiger partial charge >= 0.3 is 12.4 Å². The molecule has 0 spiro atoms. The maximum absolute atomic E-state index is 13.3. The van der Waals surface area contributed by atoms with Crippen molar-refractivity contribution in [3.63, 3.8) is 0 Å². The number of hydrazone groups is 1. The molecule has 0 aliphatic heterocycles. The number of amides is 1. The molecule has 0 heterocycles. The van der Waals surface area contributed by atoms with Gasteiger partial charge in [0.25, 0.3) is 5.91 Å². The topological polar surface area (TPSA) is 74.2 Å². The normalized spacial score (nSPS) is 12.3. The number of benzene rings is 4. The first-order valence-corrected chi connectivity index (χ1v) is 14.1. The first-order chi connectivity index (χ1) is 21.3. The standard InChI is InChI=1S/C32H28ClF6N3O3/c1-2-11-42(19-20-14-23(31(34,35)36)17-24(15-20)32(37,38)39)12-13-45-29-10-8-22(25-5-3-4-6-26(25)29)18-40-41-30(44)21-7-9-28(43)27(33)16-21/h3-10,14-18,43H,2,11-13,19H2,1H3,(H,41,44)/b40-18+. The van der Waals surface area contributed by atoms with Gasteiger partial charge in [0.15, 0.2) is 0 Å². The Morgan fingerprint density at radius 3 is 2.22 bits per heavy atom. The van der Waals surface area contributed by atoms with Crippen LogP contribution in [0.1, 0.15) is 46.0 Å². The number of hydrogen-bond acceptors (Lipinski definition) is 5. The molecule has 0 fully saturated rings. The molecule has 13 heteroatoms. The molecule has 0 saturated heterocycles. The number of fused-ring (bicyclic) bond motifs is 1. The molecule has 0 bridgehead atoms. The van der Waals surface area contributed by atoms with Crippen LogP contribution < -0.4 is 10.2 Å². The Bertz CT molecular complexity index is 1660. The third-order valence-electron chi connectivity index (χ3n) is 6.76. The van der Waals surface area contributed by atoms with Gasteiger partial charge in [-0.2, -0.15) is 31.4 Å². The van der Waals surface area contributed by atoms with Crippen LogP contribution in [0.15, 0.2) is 77.9 Å². The van der Waals surface area contributed by atoms with Crippen LogP contribution in [0.4, 0.5) is 26.3 Å². The minimum absolute atomic E-state index is 0.0253. The highest BCUT2D eigenvalue weighted by Gasteiger charge is 2.37. The zero-order valence-corrected chi connectivity index (χ0v) is 24.6. The van der Waals surface area contributed by atoms with Crippen molar-refractivity contribution in [2.75, 3.05) is 19.7 Å². The van der Waals surface area contributed by atoms with E-state index < -0.39 is 29.4 Å². The molecule has 0 unspecified atom stereocenters. The van der Waals surface area contributed by atoms with Crippen molar-refractivity contribution in [1.29, 1.82) is 0 Å². The Hall–Kier alpha value is -4.29. The largest absolute Gasteiger partial charge is 0.506 e. The van der Waals surface area contributed by atoms with E-state index in [2.05, 4.69) is 10.5 Å². The molecule has 0 atom stereocenters. The van der Waals surface area contributed by atoms with Crippen molar-refractivity contribution >= 4 is 34.5 Å². The SMILES string of the molecule is CCCN(CCOc1ccc(/C=N/NC(=O)c2ccc(O)c(Cl)c2)c2ccccc12)Cc1cc(C(F)(F)F)cc(C(F)(F)F)c1. The van der Waals surface area contributed by atoms with Gasteiger partial charge < -0.3 is 9.84 Å². The number of alkyl halides is 6. The quantitative estimate of drug-likeness (QED) is 0.0972. The van der Waals surface area contributed by atoms with E-state index in [4.69, 9.17) is 16.3 Å². The molecule has 4 rings (SSSR count). The zero-order valence-electron chi connectivity index (χ0n) is 23.8. The van der Waals surface area contributed by atoms with E-state index in [0.717, 1.165) is 22.9 Å². The van der Waals surface area contributed by atoms with E-state index in [9.17, 15) is 36.2 Å². The molecule has 45 heavy (non-hydrogen) atoms. The fraction of sp³-hybridized carbons (Fsp3) is 0.250. The van der Waals surface area contributed by atoms with E-state index >= 15 is 0 Å². The van der Waals surface area contributed by atoms with Gasteiger partial charge in [-0.05, 0) is 72.4 Å². The van der Waals surface area contributed by atoms with E-state index in [-0.39, 0.29) is 47.7 Å². The highest BCUT2D eigenvalue weighted by molar-refractivity contribution is 6.32. The molecule has 0 radical (unpaired) electrons. The van der Waals surface area contributed by atoms with Crippen LogP contribution in [-0.2, 0) is 18.9 Å². The number of rotatable bonds is 11. The Kier molecular flexibility index (Phi) is 10.6. The number of nitrogens with one attached hydrogen (secondary N) is 1. The summed E-state index contributed by atoms with van der Waals surface area (Å²) in [6.07, 6.45) is -7.75. The second-order valence-corrected chi connectivity index (χ2v) is 10.5. The van der Waals surface area contributed by atoms with Crippen molar-refractivity contribution in [2.24, 2.45) is 5.10 Å². The predicted molar refractivity (Wildman–Crippen MR) is 160 cm³/mol. The summed E-state index contributed by atoms with van der Waals surface area (Å²) in [7, 11) is 0. The van der Waals surface area contributed by atoms with Crippen LogP contribution in [0.2, 0.25) is 5.02 Å².